The molecule has 1 aliphatic carbocycles. The number of piperidine rings is 1. The van der Waals surface area contributed by atoms with E-state index in [0.29, 0.717) is 12.1 Å². The van der Waals surface area contributed by atoms with Gasteiger partial charge in [0.25, 0.3) is 0 Å². The topological polar surface area (TPSA) is 15.3 Å². The molecule has 2 aliphatic rings. The van der Waals surface area contributed by atoms with E-state index in [-0.39, 0.29) is 5.82 Å². The first-order chi connectivity index (χ1) is 10.1. The minimum absolute atomic E-state index is 0.152. The van der Waals surface area contributed by atoms with Gasteiger partial charge in [0.2, 0.25) is 0 Å². The summed E-state index contributed by atoms with van der Waals surface area (Å²) < 4.78 is 13.0. The second-order valence-electron chi connectivity index (χ2n) is 7.03. The molecule has 2 nitrogen and oxygen atoms in total. The molecule has 1 aliphatic heterocycles. The van der Waals surface area contributed by atoms with Crippen LogP contribution in [0.2, 0.25) is 0 Å². The van der Waals surface area contributed by atoms with Gasteiger partial charge in [0.15, 0.2) is 0 Å². The predicted molar refractivity (Wildman–Crippen MR) is 84.6 cm³/mol. The molecule has 1 N–H and O–H groups in total. The second-order valence-corrected chi connectivity index (χ2v) is 7.03. The Labute approximate surface area is 127 Å². The van der Waals surface area contributed by atoms with E-state index in [1.165, 1.54) is 37.9 Å². The Morgan fingerprint density at radius 1 is 1.14 bits per heavy atom. The third kappa shape index (κ3) is 3.46. The minimum Gasteiger partial charge on any atom is -0.309 e. The molecule has 0 radical (unpaired) electrons. The zero-order valence-corrected chi connectivity index (χ0v) is 13.2. The van der Waals surface area contributed by atoms with E-state index >= 15 is 0 Å². The Kier molecular flexibility index (Phi) is 4.60. The van der Waals surface area contributed by atoms with Crippen molar-refractivity contribution >= 4 is 0 Å². The molecule has 21 heavy (non-hydrogen) atoms. The summed E-state index contributed by atoms with van der Waals surface area (Å²) in [6.07, 6.45) is 4.08. The highest BCUT2D eigenvalue weighted by Gasteiger charge is 2.39. The van der Waals surface area contributed by atoms with E-state index in [1.54, 1.807) is 12.1 Å². The van der Waals surface area contributed by atoms with Gasteiger partial charge in [-0.3, -0.25) is 0 Å². The van der Waals surface area contributed by atoms with Gasteiger partial charge >= 0.3 is 0 Å². The van der Waals surface area contributed by atoms with Crippen LogP contribution in [0.4, 0.5) is 4.39 Å². The summed E-state index contributed by atoms with van der Waals surface area (Å²) in [7, 11) is 0. The van der Waals surface area contributed by atoms with Crippen molar-refractivity contribution < 1.29 is 4.39 Å². The van der Waals surface area contributed by atoms with Crippen molar-refractivity contribution in [3.05, 3.63) is 35.6 Å². The summed E-state index contributed by atoms with van der Waals surface area (Å²) in [6, 6.07) is 8.19. The molecule has 1 saturated heterocycles. The van der Waals surface area contributed by atoms with Crippen molar-refractivity contribution in [2.24, 2.45) is 11.8 Å². The van der Waals surface area contributed by atoms with Crippen molar-refractivity contribution in [3.8, 4) is 0 Å². The van der Waals surface area contributed by atoms with Crippen LogP contribution in [0.25, 0.3) is 0 Å². The van der Waals surface area contributed by atoms with Gasteiger partial charge in [-0.2, -0.15) is 0 Å². The normalized spacial score (nSPS) is 29.8. The Hall–Kier alpha value is -0.930. The van der Waals surface area contributed by atoms with Crippen molar-refractivity contribution in [1.82, 2.24) is 10.2 Å². The molecule has 1 saturated carbocycles. The summed E-state index contributed by atoms with van der Waals surface area (Å²) in [5.41, 5.74) is 1.18. The average Bonchev–Trinajstić information content (AvgIpc) is 2.45. The maximum Gasteiger partial charge on any atom is 0.123 e. The van der Waals surface area contributed by atoms with Gasteiger partial charge < -0.3 is 10.2 Å². The molecule has 0 amide bonds. The Morgan fingerprint density at radius 2 is 1.76 bits per heavy atom. The lowest BCUT2D eigenvalue weighted by molar-refractivity contribution is 0.0290. The molecular formula is C18H27FN2. The molecule has 1 aromatic carbocycles. The maximum absolute atomic E-state index is 13.0. The number of halogens is 1. The number of nitrogens with one attached hydrogen (secondary N) is 1. The molecule has 1 heterocycles. The Bertz CT molecular complexity index is 443. The number of benzene rings is 1. The van der Waals surface area contributed by atoms with Crippen molar-refractivity contribution in [1.29, 1.82) is 0 Å². The smallest absolute Gasteiger partial charge is 0.123 e. The lowest BCUT2D eigenvalue weighted by Crippen LogP contribution is -2.58. The molecule has 2 atom stereocenters. The Balaban J connectivity index is 1.61. The zero-order valence-electron chi connectivity index (χ0n) is 13.2. The van der Waals surface area contributed by atoms with Gasteiger partial charge in [0, 0.05) is 31.7 Å². The van der Waals surface area contributed by atoms with E-state index < -0.39 is 0 Å². The van der Waals surface area contributed by atoms with Crippen molar-refractivity contribution in [2.45, 2.75) is 51.7 Å². The van der Waals surface area contributed by atoms with E-state index in [2.05, 4.69) is 24.1 Å². The molecule has 0 aromatic heterocycles. The van der Waals surface area contributed by atoms with Crippen LogP contribution >= 0.6 is 0 Å². The summed E-state index contributed by atoms with van der Waals surface area (Å²) >= 11 is 0. The van der Waals surface area contributed by atoms with Gasteiger partial charge in [-0.05, 0) is 56.2 Å². The quantitative estimate of drug-likeness (QED) is 0.914. The first-order valence-corrected chi connectivity index (χ1v) is 8.35. The van der Waals surface area contributed by atoms with Crippen LogP contribution in [0.3, 0.4) is 0 Å². The number of hydrogen-bond acceptors (Lipinski definition) is 2. The van der Waals surface area contributed by atoms with E-state index in [0.717, 1.165) is 18.4 Å². The van der Waals surface area contributed by atoms with Crippen LogP contribution in [0.5, 0.6) is 0 Å². The third-order valence-corrected chi connectivity index (χ3v) is 5.29. The average molecular weight is 290 g/mol. The SMILES string of the molecule is CC(C)N1CC2CCCC(C1)C2NCc1ccc(F)cc1. The standard InChI is InChI=1S/C18H27FN2/c1-13(2)21-11-15-4-3-5-16(12-21)18(15)20-10-14-6-8-17(19)9-7-14/h6-9,13,15-16,18,20H,3-5,10-12H2,1-2H3. The summed E-state index contributed by atoms with van der Waals surface area (Å²) in [5, 5.41) is 3.77. The monoisotopic (exact) mass is 290 g/mol. The van der Waals surface area contributed by atoms with Gasteiger partial charge in [-0.1, -0.05) is 18.6 Å². The van der Waals surface area contributed by atoms with E-state index in [4.69, 9.17) is 0 Å². The lowest BCUT2D eigenvalue weighted by atomic mass is 9.73. The van der Waals surface area contributed by atoms with E-state index in [9.17, 15) is 4.39 Å². The van der Waals surface area contributed by atoms with Gasteiger partial charge in [-0.15, -0.1) is 0 Å². The molecule has 3 heteroatoms. The summed E-state index contributed by atoms with van der Waals surface area (Å²) in [4.78, 5) is 2.64. The first kappa shape index (κ1) is 15.0. The Morgan fingerprint density at radius 3 is 2.33 bits per heavy atom. The molecular weight excluding hydrogens is 263 g/mol. The number of hydrogen-bond donors (Lipinski definition) is 1. The fourth-order valence-corrected chi connectivity index (χ4v) is 4.07. The molecule has 116 valence electrons. The molecule has 3 rings (SSSR count). The lowest BCUT2D eigenvalue weighted by Gasteiger charge is -2.49. The fourth-order valence-electron chi connectivity index (χ4n) is 4.07. The predicted octanol–water partition coefficient (Wildman–Crippen LogP) is 3.42. The van der Waals surface area contributed by atoms with Crippen LogP contribution in [0.1, 0.15) is 38.7 Å². The number of likely N-dealkylation sites (tertiary alicyclic amines) is 1. The summed E-state index contributed by atoms with van der Waals surface area (Å²) in [6.45, 7) is 7.94. The van der Waals surface area contributed by atoms with Gasteiger partial charge in [-0.25, -0.2) is 4.39 Å². The van der Waals surface area contributed by atoms with Gasteiger partial charge in [0.1, 0.15) is 5.82 Å². The van der Waals surface area contributed by atoms with Crippen LogP contribution < -0.4 is 5.32 Å². The summed E-state index contributed by atoms with van der Waals surface area (Å²) in [5.74, 6) is 1.40. The van der Waals surface area contributed by atoms with Crippen molar-refractivity contribution in [2.75, 3.05) is 13.1 Å². The van der Waals surface area contributed by atoms with Crippen LogP contribution in [-0.4, -0.2) is 30.1 Å². The highest BCUT2D eigenvalue weighted by molar-refractivity contribution is 5.16. The van der Waals surface area contributed by atoms with Crippen LogP contribution in [-0.2, 0) is 6.54 Å². The molecule has 1 aromatic rings. The van der Waals surface area contributed by atoms with Crippen LogP contribution in [0.15, 0.2) is 24.3 Å². The molecule has 2 unspecified atom stereocenters. The number of nitrogens with zero attached hydrogens (tertiary/aromatic N) is 1. The maximum atomic E-state index is 13.0. The van der Waals surface area contributed by atoms with Crippen LogP contribution in [0, 0.1) is 17.7 Å². The third-order valence-electron chi connectivity index (χ3n) is 5.29. The first-order valence-electron chi connectivity index (χ1n) is 8.35. The fraction of sp³-hybridized carbons (Fsp3) is 0.667. The van der Waals surface area contributed by atoms with E-state index in [1.807, 2.05) is 12.1 Å². The van der Waals surface area contributed by atoms with Crippen molar-refractivity contribution in [3.63, 3.8) is 0 Å². The minimum atomic E-state index is -0.152. The highest BCUT2D eigenvalue weighted by Crippen LogP contribution is 2.35. The molecule has 0 spiro atoms. The molecule has 2 fully saturated rings. The second kappa shape index (κ2) is 6.45. The largest absolute Gasteiger partial charge is 0.309 e. The van der Waals surface area contributed by atoms with Gasteiger partial charge in [0.05, 0.1) is 0 Å². The molecule has 2 bridgehead atoms. The number of rotatable bonds is 4. The highest BCUT2D eigenvalue weighted by atomic mass is 19.1. The number of fused-ring (bicyclic) bond motifs is 2. The zero-order chi connectivity index (χ0) is 14.8.